The molecule has 0 radical (unpaired) electrons. The van der Waals surface area contributed by atoms with Crippen molar-refractivity contribution in [3.8, 4) is 0 Å². The first-order chi connectivity index (χ1) is 9.04. The van der Waals surface area contributed by atoms with E-state index in [0.717, 1.165) is 12.8 Å². The molecule has 0 unspecified atom stereocenters. The van der Waals surface area contributed by atoms with Gasteiger partial charge in [-0.05, 0) is 31.6 Å². The number of amides is 1. The molecule has 4 nitrogen and oxygen atoms in total. The molecule has 4 heteroatoms. The van der Waals surface area contributed by atoms with Crippen molar-refractivity contribution in [3.63, 3.8) is 0 Å². The second kappa shape index (κ2) is 7.51. The quantitative estimate of drug-likeness (QED) is 0.746. The first-order valence-corrected chi connectivity index (χ1v) is 7.54. The van der Waals surface area contributed by atoms with Gasteiger partial charge in [0.1, 0.15) is 0 Å². The molecular weight excluding hydrogens is 242 g/mol. The normalized spacial score (nSPS) is 17.2. The lowest BCUT2D eigenvalue weighted by molar-refractivity contribution is -0.149. The van der Waals surface area contributed by atoms with Gasteiger partial charge in [-0.1, -0.05) is 33.1 Å². The number of aliphatic carboxylic acids is 1. The number of carbonyl (C=O) groups is 2. The minimum Gasteiger partial charge on any atom is -0.481 e. The zero-order valence-corrected chi connectivity index (χ0v) is 12.2. The monoisotopic (exact) mass is 269 g/mol. The van der Waals surface area contributed by atoms with E-state index in [1.54, 1.807) is 0 Å². The highest BCUT2D eigenvalue weighted by molar-refractivity contribution is 5.79. The molecule has 0 spiro atoms. The summed E-state index contributed by atoms with van der Waals surface area (Å²) in [4.78, 5) is 23.2. The van der Waals surface area contributed by atoms with Gasteiger partial charge in [-0.2, -0.15) is 0 Å². The second-order valence-electron chi connectivity index (χ2n) is 5.78. The molecule has 0 aromatic carbocycles. The van der Waals surface area contributed by atoms with Crippen molar-refractivity contribution < 1.29 is 14.7 Å². The van der Waals surface area contributed by atoms with Gasteiger partial charge >= 0.3 is 5.97 Å². The first kappa shape index (κ1) is 16.0. The summed E-state index contributed by atoms with van der Waals surface area (Å²) in [7, 11) is 0. The van der Waals surface area contributed by atoms with E-state index in [0.29, 0.717) is 25.2 Å². The van der Waals surface area contributed by atoms with Crippen LogP contribution in [0, 0.1) is 11.3 Å². The molecule has 0 aliphatic heterocycles. The second-order valence-corrected chi connectivity index (χ2v) is 5.78. The van der Waals surface area contributed by atoms with Gasteiger partial charge in [0.25, 0.3) is 0 Å². The van der Waals surface area contributed by atoms with Crippen LogP contribution in [-0.2, 0) is 9.59 Å². The van der Waals surface area contributed by atoms with Gasteiger partial charge in [0.15, 0.2) is 0 Å². The lowest BCUT2D eigenvalue weighted by Crippen LogP contribution is -2.42. The van der Waals surface area contributed by atoms with Crippen molar-refractivity contribution >= 4 is 11.9 Å². The third-order valence-corrected chi connectivity index (χ3v) is 4.63. The lowest BCUT2D eigenvalue weighted by Gasteiger charge is -2.27. The Morgan fingerprint density at radius 1 is 1.16 bits per heavy atom. The molecule has 1 aliphatic carbocycles. The fraction of sp³-hybridized carbons (Fsp3) is 0.867. The first-order valence-electron chi connectivity index (χ1n) is 7.54. The van der Waals surface area contributed by atoms with Crippen molar-refractivity contribution in [2.45, 2.75) is 65.2 Å². The Morgan fingerprint density at radius 2 is 1.74 bits per heavy atom. The van der Waals surface area contributed by atoms with E-state index >= 15 is 0 Å². The van der Waals surface area contributed by atoms with E-state index in [1.807, 2.05) is 13.8 Å². The van der Waals surface area contributed by atoms with Gasteiger partial charge in [-0.3, -0.25) is 9.59 Å². The van der Waals surface area contributed by atoms with E-state index in [-0.39, 0.29) is 12.5 Å². The highest BCUT2D eigenvalue weighted by Crippen LogP contribution is 2.27. The van der Waals surface area contributed by atoms with Crippen LogP contribution in [0.4, 0.5) is 0 Å². The Bertz CT molecular complexity index is 305. The van der Waals surface area contributed by atoms with Crippen LogP contribution in [0.15, 0.2) is 0 Å². The standard InChI is InChI=1S/C15H27NO3/c1-3-15(4-2,14(18)19)11-16-13(17)10-12-8-6-5-7-9-12/h12H,3-11H2,1-2H3,(H,16,17)(H,18,19). The summed E-state index contributed by atoms with van der Waals surface area (Å²) < 4.78 is 0. The summed E-state index contributed by atoms with van der Waals surface area (Å²) in [5.74, 6) is -0.300. The highest BCUT2D eigenvalue weighted by atomic mass is 16.4. The molecule has 1 fully saturated rings. The van der Waals surface area contributed by atoms with Crippen molar-refractivity contribution in [1.29, 1.82) is 0 Å². The minimum absolute atomic E-state index is 0.0134. The Hall–Kier alpha value is -1.06. The molecule has 2 N–H and O–H groups in total. The number of carboxylic acids is 1. The number of nitrogens with one attached hydrogen (secondary N) is 1. The molecule has 0 aromatic heterocycles. The van der Waals surface area contributed by atoms with Crippen molar-refractivity contribution in [2.24, 2.45) is 11.3 Å². The van der Waals surface area contributed by atoms with Gasteiger partial charge in [-0.25, -0.2) is 0 Å². The van der Waals surface area contributed by atoms with Crippen LogP contribution in [0.5, 0.6) is 0 Å². The summed E-state index contributed by atoms with van der Waals surface area (Å²) in [5, 5.41) is 12.1. The predicted octanol–water partition coefficient (Wildman–Crippen LogP) is 2.96. The molecular formula is C15H27NO3. The van der Waals surface area contributed by atoms with Crippen LogP contribution < -0.4 is 5.32 Å². The van der Waals surface area contributed by atoms with Crippen LogP contribution >= 0.6 is 0 Å². The van der Waals surface area contributed by atoms with Crippen LogP contribution in [-0.4, -0.2) is 23.5 Å². The van der Waals surface area contributed by atoms with Crippen LogP contribution in [0.3, 0.4) is 0 Å². The van der Waals surface area contributed by atoms with Crippen LogP contribution in [0.25, 0.3) is 0 Å². The van der Waals surface area contributed by atoms with E-state index < -0.39 is 11.4 Å². The van der Waals surface area contributed by atoms with Crippen LogP contribution in [0.2, 0.25) is 0 Å². The maximum atomic E-state index is 11.9. The van der Waals surface area contributed by atoms with Crippen LogP contribution in [0.1, 0.15) is 65.2 Å². The summed E-state index contributed by atoms with van der Waals surface area (Å²) in [6.07, 6.45) is 7.65. The van der Waals surface area contributed by atoms with Gasteiger partial charge in [0, 0.05) is 13.0 Å². The molecule has 1 amide bonds. The largest absolute Gasteiger partial charge is 0.481 e. The molecule has 0 saturated heterocycles. The smallest absolute Gasteiger partial charge is 0.311 e. The van der Waals surface area contributed by atoms with Gasteiger partial charge in [-0.15, -0.1) is 0 Å². The average molecular weight is 269 g/mol. The molecule has 0 heterocycles. The van der Waals surface area contributed by atoms with Gasteiger partial charge < -0.3 is 10.4 Å². The highest BCUT2D eigenvalue weighted by Gasteiger charge is 2.35. The maximum Gasteiger partial charge on any atom is 0.311 e. The summed E-state index contributed by atoms with van der Waals surface area (Å²) in [6.45, 7) is 3.98. The molecule has 110 valence electrons. The molecule has 19 heavy (non-hydrogen) atoms. The number of hydrogen-bond donors (Lipinski definition) is 2. The molecule has 0 aromatic rings. The van der Waals surface area contributed by atoms with Crippen molar-refractivity contribution in [3.05, 3.63) is 0 Å². The third-order valence-electron chi connectivity index (χ3n) is 4.63. The number of hydrogen-bond acceptors (Lipinski definition) is 2. The third kappa shape index (κ3) is 4.51. The Labute approximate surface area is 116 Å². The van der Waals surface area contributed by atoms with Gasteiger partial charge in [0.2, 0.25) is 5.91 Å². The fourth-order valence-corrected chi connectivity index (χ4v) is 2.87. The fourth-order valence-electron chi connectivity index (χ4n) is 2.87. The van der Waals surface area contributed by atoms with E-state index in [2.05, 4.69) is 5.32 Å². The Balaban J connectivity index is 2.41. The molecule has 1 aliphatic rings. The van der Waals surface area contributed by atoms with Crippen molar-refractivity contribution in [1.82, 2.24) is 5.32 Å². The zero-order valence-electron chi connectivity index (χ0n) is 12.2. The lowest BCUT2D eigenvalue weighted by atomic mass is 9.82. The molecule has 1 saturated carbocycles. The van der Waals surface area contributed by atoms with Gasteiger partial charge in [0.05, 0.1) is 5.41 Å². The number of rotatable bonds is 7. The number of carboxylic acid groups (broad SMARTS) is 1. The van der Waals surface area contributed by atoms with E-state index in [1.165, 1.54) is 19.3 Å². The van der Waals surface area contributed by atoms with Crippen molar-refractivity contribution in [2.75, 3.05) is 6.54 Å². The molecule has 1 rings (SSSR count). The molecule has 0 atom stereocenters. The SMILES string of the molecule is CCC(CC)(CNC(=O)CC1CCCCC1)C(=O)O. The number of carbonyl (C=O) groups excluding carboxylic acids is 1. The topological polar surface area (TPSA) is 66.4 Å². The Morgan fingerprint density at radius 3 is 2.21 bits per heavy atom. The zero-order chi connectivity index (χ0) is 14.3. The molecule has 0 bridgehead atoms. The minimum atomic E-state index is -0.810. The summed E-state index contributed by atoms with van der Waals surface area (Å²) in [5.41, 5.74) is -0.803. The Kier molecular flexibility index (Phi) is 6.32. The van der Waals surface area contributed by atoms with E-state index in [9.17, 15) is 14.7 Å². The average Bonchev–Trinajstić information content (AvgIpc) is 2.41. The summed E-state index contributed by atoms with van der Waals surface area (Å²) >= 11 is 0. The van der Waals surface area contributed by atoms with E-state index in [4.69, 9.17) is 0 Å². The maximum absolute atomic E-state index is 11.9. The predicted molar refractivity (Wildman–Crippen MR) is 74.9 cm³/mol. The summed E-state index contributed by atoms with van der Waals surface area (Å²) in [6, 6.07) is 0.